The van der Waals surface area contributed by atoms with Gasteiger partial charge in [0, 0.05) is 6.42 Å². The lowest BCUT2D eigenvalue weighted by Gasteiger charge is -2.20. The van der Waals surface area contributed by atoms with E-state index in [-0.39, 0.29) is 0 Å². The molecular formula is C13H27NO2. The van der Waals surface area contributed by atoms with E-state index in [0.29, 0.717) is 12.3 Å². The van der Waals surface area contributed by atoms with Crippen LogP contribution in [0.1, 0.15) is 58.3 Å². The molecule has 0 aromatic rings. The van der Waals surface area contributed by atoms with E-state index in [1.165, 1.54) is 38.5 Å². The Morgan fingerprint density at radius 2 is 1.94 bits per heavy atom. The number of aliphatic carboxylic acids is 1. The van der Waals surface area contributed by atoms with Gasteiger partial charge in [0.1, 0.15) is 0 Å². The van der Waals surface area contributed by atoms with Crippen molar-refractivity contribution in [2.45, 2.75) is 58.3 Å². The van der Waals surface area contributed by atoms with E-state index in [2.05, 4.69) is 12.2 Å². The normalized spacial score (nSPS) is 16.4. The predicted octanol–water partition coefficient (Wildman–Crippen LogP) is 3.05. The molecule has 0 aromatic carbocycles. The van der Waals surface area contributed by atoms with Crippen LogP contribution in [0.3, 0.4) is 0 Å². The van der Waals surface area contributed by atoms with Crippen molar-refractivity contribution in [1.82, 2.24) is 5.32 Å². The zero-order valence-electron chi connectivity index (χ0n) is 10.8. The minimum absolute atomic E-state index is 0.366. The molecular weight excluding hydrogens is 202 g/mol. The SMILES string of the molecule is CCCNC.O=C(O)CCC1CCCCC1. The third-order valence-corrected chi connectivity index (χ3v) is 2.99. The summed E-state index contributed by atoms with van der Waals surface area (Å²) in [5.74, 6) is 0.0652. The molecule has 0 bridgehead atoms. The van der Waals surface area contributed by atoms with Gasteiger partial charge in [0.25, 0.3) is 0 Å². The standard InChI is InChI=1S/C9H16O2.C4H11N/c10-9(11)7-6-8-4-2-1-3-5-8;1-3-4-5-2/h8H,1-7H2,(H,10,11);5H,3-4H2,1-2H3. The Hall–Kier alpha value is -0.570. The fourth-order valence-corrected chi connectivity index (χ4v) is 2.05. The maximum atomic E-state index is 10.2. The second kappa shape index (κ2) is 10.9. The molecule has 0 spiro atoms. The molecule has 96 valence electrons. The Kier molecular flexibility index (Phi) is 10.5. The van der Waals surface area contributed by atoms with Crippen LogP contribution in [0.5, 0.6) is 0 Å². The van der Waals surface area contributed by atoms with Crippen LogP contribution < -0.4 is 5.32 Å². The highest BCUT2D eigenvalue weighted by atomic mass is 16.4. The van der Waals surface area contributed by atoms with Gasteiger partial charge < -0.3 is 10.4 Å². The molecule has 3 nitrogen and oxygen atoms in total. The van der Waals surface area contributed by atoms with Crippen LogP contribution in [0.25, 0.3) is 0 Å². The van der Waals surface area contributed by atoms with Gasteiger partial charge in [-0.1, -0.05) is 39.0 Å². The molecule has 3 heteroatoms. The molecule has 0 atom stereocenters. The van der Waals surface area contributed by atoms with Crippen LogP contribution in [0.15, 0.2) is 0 Å². The van der Waals surface area contributed by atoms with E-state index >= 15 is 0 Å². The summed E-state index contributed by atoms with van der Waals surface area (Å²) in [6, 6.07) is 0. The first-order valence-electron chi connectivity index (χ1n) is 6.57. The zero-order valence-corrected chi connectivity index (χ0v) is 10.8. The molecule has 2 N–H and O–H groups in total. The van der Waals surface area contributed by atoms with Gasteiger partial charge in [0.15, 0.2) is 0 Å². The number of carboxylic acids is 1. The number of rotatable bonds is 5. The molecule has 0 amide bonds. The van der Waals surface area contributed by atoms with E-state index < -0.39 is 5.97 Å². The first-order chi connectivity index (χ1) is 7.70. The van der Waals surface area contributed by atoms with E-state index in [9.17, 15) is 4.79 Å². The van der Waals surface area contributed by atoms with Gasteiger partial charge in [-0.25, -0.2) is 0 Å². The molecule has 0 aliphatic heterocycles. The second-order valence-electron chi connectivity index (χ2n) is 4.54. The van der Waals surface area contributed by atoms with Gasteiger partial charge in [-0.05, 0) is 32.4 Å². The lowest BCUT2D eigenvalue weighted by Crippen LogP contribution is -2.08. The highest BCUT2D eigenvalue weighted by Crippen LogP contribution is 2.26. The lowest BCUT2D eigenvalue weighted by atomic mass is 9.86. The van der Waals surface area contributed by atoms with E-state index in [4.69, 9.17) is 5.11 Å². The van der Waals surface area contributed by atoms with Gasteiger partial charge >= 0.3 is 5.97 Å². The van der Waals surface area contributed by atoms with Crippen molar-refractivity contribution in [3.05, 3.63) is 0 Å². The Morgan fingerprint density at radius 3 is 2.31 bits per heavy atom. The summed E-state index contributed by atoms with van der Waals surface area (Å²) in [5.41, 5.74) is 0. The van der Waals surface area contributed by atoms with Gasteiger partial charge in [0.2, 0.25) is 0 Å². The number of carboxylic acid groups (broad SMARTS) is 1. The molecule has 1 aliphatic rings. The molecule has 0 radical (unpaired) electrons. The summed E-state index contributed by atoms with van der Waals surface area (Å²) in [6.07, 6.45) is 8.98. The molecule has 0 saturated heterocycles. The summed E-state index contributed by atoms with van der Waals surface area (Å²) >= 11 is 0. The average molecular weight is 229 g/mol. The average Bonchev–Trinajstić information content (AvgIpc) is 2.30. The highest BCUT2D eigenvalue weighted by Gasteiger charge is 2.13. The van der Waals surface area contributed by atoms with E-state index in [0.717, 1.165) is 13.0 Å². The maximum Gasteiger partial charge on any atom is 0.303 e. The molecule has 0 heterocycles. The molecule has 1 rings (SSSR count). The van der Waals surface area contributed by atoms with Crippen molar-refractivity contribution in [2.24, 2.45) is 5.92 Å². The van der Waals surface area contributed by atoms with Crippen molar-refractivity contribution in [3.63, 3.8) is 0 Å². The van der Waals surface area contributed by atoms with Crippen molar-refractivity contribution in [3.8, 4) is 0 Å². The first kappa shape index (κ1) is 15.4. The molecule has 0 unspecified atom stereocenters. The summed E-state index contributed by atoms with van der Waals surface area (Å²) in [7, 11) is 1.96. The largest absolute Gasteiger partial charge is 0.481 e. The van der Waals surface area contributed by atoms with Gasteiger partial charge in [-0.2, -0.15) is 0 Å². The Balaban J connectivity index is 0.000000385. The lowest BCUT2D eigenvalue weighted by molar-refractivity contribution is -0.137. The number of nitrogens with one attached hydrogen (secondary N) is 1. The Bertz CT molecular complexity index is 163. The number of carbonyl (C=O) groups is 1. The summed E-state index contributed by atoms with van der Waals surface area (Å²) in [6.45, 7) is 3.29. The van der Waals surface area contributed by atoms with Gasteiger partial charge in [-0.3, -0.25) is 4.79 Å². The minimum Gasteiger partial charge on any atom is -0.481 e. The van der Waals surface area contributed by atoms with Crippen molar-refractivity contribution in [2.75, 3.05) is 13.6 Å². The van der Waals surface area contributed by atoms with E-state index in [1.807, 2.05) is 7.05 Å². The Labute approximate surface area is 99.6 Å². The topological polar surface area (TPSA) is 49.3 Å². The fourth-order valence-electron chi connectivity index (χ4n) is 2.05. The zero-order chi connectivity index (χ0) is 12.2. The monoisotopic (exact) mass is 229 g/mol. The van der Waals surface area contributed by atoms with Crippen LogP contribution in [0.4, 0.5) is 0 Å². The maximum absolute atomic E-state index is 10.2. The summed E-state index contributed by atoms with van der Waals surface area (Å²) < 4.78 is 0. The smallest absolute Gasteiger partial charge is 0.303 e. The van der Waals surface area contributed by atoms with Crippen molar-refractivity contribution < 1.29 is 9.90 Å². The fraction of sp³-hybridized carbons (Fsp3) is 0.923. The molecule has 1 fully saturated rings. The van der Waals surface area contributed by atoms with Crippen LogP contribution in [-0.2, 0) is 4.79 Å². The van der Waals surface area contributed by atoms with Crippen LogP contribution >= 0.6 is 0 Å². The third kappa shape index (κ3) is 9.97. The van der Waals surface area contributed by atoms with Gasteiger partial charge in [-0.15, -0.1) is 0 Å². The van der Waals surface area contributed by atoms with Crippen LogP contribution in [0.2, 0.25) is 0 Å². The summed E-state index contributed by atoms with van der Waals surface area (Å²) in [4.78, 5) is 10.2. The predicted molar refractivity (Wildman–Crippen MR) is 67.7 cm³/mol. The van der Waals surface area contributed by atoms with Gasteiger partial charge in [0.05, 0.1) is 0 Å². The summed E-state index contributed by atoms with van der Waals surface area (Å²) in [5, 5.41) is 11.5. The third-order valence-electron chi connectivity index (χ3n) is 2.99. The van der Waals surface area contributed by atoms with Crippen LogP contribution in [-0.4, -0.2) is 24.7 Å². The number of hydrogen-bond donors (Lipinski definition) is 2. The Morgan fingerprint density at radius 1 is 1.31 bits per heavy atom. The van der Waals surface area contributed by atoms with Crippen molar-refractivity contribution in [1.29, 1.82) is 0 Å². The molecule has 0 aromatic heterocycles. The second-order valence-corrected chi connectivity index (χ2v) is 4.54. The molecule has 1 saturated carbocycles. The number of hydrogen-bond acceptors (Lipinski definition) is 2. The quantitative estimate of drug-likeness (QED) is 0.761. The van der Waals surface area contributed by atoms with Crippen molar-refractivity contribution >= 4 is 5.97 Å². The minimum atomic E-state index is -0.643. The first-order valence-corrected chi connectivity index (χ1v) is 6.57. The van der Waals surface area contributed by atoms with Crippen LogP contribution in [0, 0.1) is 5.92 Å². The highest BCUT2D eigenvalue weighted by molar-refractivity contribution is 5.66. The van der Waals surface area contributed by atoms with E-state index in [1.54, 1.807) is 0 Å². The molecule has 1 aliphatic carbocycles. The molecule has 16 heavy (non-hydrogen) atoms.